The molecule has 2 aromatic heterocycles. The molecule has 0 bridgehead atoms. The minimum atomic E-state index is 0.592. The Morgan fingerprint density at radius 2 is 0.807 bits per heavy atom. The van der Waals surface area contributed by atoms with Crippen molar-refractivity contribution in [3.05, 3.63) is 200 Å². The third-order valence-electron chi connectivity index (χ3n) is 10.9. The normalized spacial score (nSPS) is 11.5. The summed E-state index contributed by atoms with van der Waals surface area (Å²) in [6.45, 7) is 0. The van der Waals surface area contributed by atoms with Gasteiger partial charge in [-0.25, -0.2) is 15.0 Å². The maximum absolute atomic E-state index is 6.89. The monoisotopic (exact) mass is 727 g/mol. The molecule has 0 radical (unpaired) electrons. The lowest BCUT2D eigenvalue weighted by Gasteiger charge is -2.11. The molecule has 0 aliphatic heterocycles. The van der Waals surface area contributed by atoms with E-state index >= 15 is 0 Å². The van der Waals surface area contributed by atoms with Gasteiger partial charge in [0.2, 0.25) is 0 Å². The van der Waals surface area contributed by atoms with Gasteiger partial charge in [-0.3, -0.25) is 0 Å². The van der Waals surface area contributed by atoms with E-state index in [2.05, 4.69) is 164 Å². The molecule has 11 aromatic rings. The molecule has 0 aliphatic carbocycles. The molecule has 0 saturated heterocycles. The predicted octanol–water partition coefficient (Wildman–Crippen LogP) is 14.1. The Morgan fingerprint density at radius 3 is 1.54 bits per heavy atom. The SMILES string of the molecule is c1ccc(-c2ccc(-c3nc(-c4ccccc4)nc(-c4cc5oc6c(-c7ccc(-c8ccc9ccccc9c8)cc7)cccc6c5c5ccccc45)n3)cc2)cc1. The predicted molar refractivity (Wildman–Crippen MR) is 235 cm³/mol. The van der Waals surface area contributed by atoms with Crippen LogP contribution in [0.2, 0.25) is 0 Å². The Morgan fingerprint density at radius 1 is 0.298 bits per heavy atom. The highest BCUT2D eigenvalue weighted by atomic mass is 16.3. The van der Waals surface area contributed by atoms with Gasteiger partial charge in [0.25, 0.3) is 0 Å². The van der Waals surface area contributed by atoms with Gasteiger partial charge in [-0.15, -0.1) is 0 Å². The Hall–Kier alpha value is -7.69. The first-order valence-corrected chi connectivity index (χ1v) is 19.2. The molecule has 0 aliphatic rings. The summed E-state index contributed by atoms with van der Waals surface area (Å²) in [7, 11) is 0. The van der Waals surface area contributed by atoms with E-state index in [-0.39, 0.29) is 0 Å². The van der Waals surface area contributed by atoms with Crippen LogP contribution in [0.25, 0.3) is 111 Å². The van der Waals surface area contributed by atoms with Crippen molar-refractivity contribution in [2.75, 3.05) is 0 Å². The number of nitrogens with zero attached hydrogens (tertiary/aromatic N) is 3. The lowest BCUT2D eigenvalue weighted by atomic mass is 9.96. The Labute approximate surface area is 329 Å². The number of hydrogen-bond donors (Lipinski definition) is 0. The zero-order valence-electron chi connectivity index (χ0n) is 30.8. The summed E-state index contributed by atoms with van der Waals surface area (Å²) in [5, 5.41) is 6.76. The molecule has 4 nitrogen and oxygen atoms in total. The first kappa shape index (κ1) is 32.7. The summed E-state index contributed by atoms with van der Waals surface area (Å²) in [4.78, 5) is 15.3. The van der Waals surface area contributed by atoms with Gasteiger partial charge >= 0.3 is 0 Å². The Kier molecular flexibility index (Phi) is 7.78. The van der Waals surface area contributed by atoms with Crippen LogP contribution in [0.5, 0.6) is 0 Å². The number of aromatic nitrogens is 3. The van der Waals surface area contributed by atoms with Crippen LogP contribution >= 0.6 is 0 Å². The van der Waals surface area contributed by atoms with Gasteiger partial charge in [0.15, 0.2) is 17.5 Å². The zero-order valence-corrected chi connectivity index (χ0v) is 30.8. The van der Waals surface area contributed by atoms with Gasteiger partial charge < -0.3 is 4.42 Å². The third-order valence-corrected chi connectivity index (χ3v) is 10.9. The Balaban J connectivity index is 1.05. The fourth-order valence-electron chi connectivity index (χ4n) is 8.07. The fourth-order valence-corrected chi connectivity index (χ4v) is 8.07. The van der Waals surface area contributed by atoms with Crippen molar-refractivity contribution < 1.29 is 4.42 Å². The molecule has 0 N–H and O–H groups in total. The molecular weight excluding hydrogens is 695 g/mol. The second-order valence-electron chi connectivity index (χ2n) is 14.4. The van der Waals surface area contributed by atoms with Crippen molar-refractivity contribution in [2.24, 2.45) is 0 Å². The van der Waals surface area contributed by atoms with Gasteiger partial charge in [0.1, 0.15) is 11.2 Å². The van der Waals surface area contributed by atoms with Crippen LogP contribution in [0.1, 0.15) is 0 Å². The summed E-state index contributed by atoms with van der Waals surface area (Å²) in [6, 6.07) is 69.9. The van der Waals surface area contributed by atoms with Gasteiger partial charge in [-0.1, -0.05) is 188 Å². The number of benzene rings is 9. The molecule has 0 saturated carbocycles. The van der Waals surface area contributed by atoms with E-state index in [1.165, 1.54) is 21.9 Å². The molecule has 266 valence electrons. The second kappa shape index (κ2) is 13.6. The number of furan rings is 1. The first-order valence-electron chi connectivity index (χ1n) is 19.2. The van der Waals surface area contributed by atoms with Crippen molar-refractivity contribution in [3.63, 3.8) is 0 Å². The smallest absolute Gasteiger partial charge is 0.164 e. The van der Waals surface area contributed by atoms with Crippen molar-refractivity contribution in [1.82, 2.24) is 15.0 Å². The largest absolute Gasteiger partial charge is 0.455 e. The summed E-state index contributed by atoms with van der Waals surface area (Å²) in [5.41, 5.74) is 11.2. The minimum absolute atomic E-state index is 0.592. The molecule has 2 heterocycles. The van der Waals surface area contributed by atoms with E-state index in [0.717, 1.165) is 71.7 Å². The molecule has 0 amide bonds. The molecular formula is C53H33N3O. The maximum Gasteiger partial charge on any atom is 0.164 e. The molecule has 9 aromatic carbocycles. The van der Waals surface area contributed by atoms with E-state index in [9.17, 15) is 0 Å². The van der Waals surface area contributed by atoms with Crippen LogP contribution in [-0.4, -0.2) is 15.0 Å². The van der Waals surface area contributed by atoms with E-state index in [4.69, 9.17) is 19.4 Å². The minimum Gasteiger partial charge on any atom is -0.455 e. The van der Waals surface area contributed by atoms with Gasteiger partial charge in [-0.2, -0.15) is 0 Å². The number of para-hydroxylation sites is 1. The lowest BCUT2D eigenvalue weighted by molar-refractivity contribution is 0.670. The van der Waals surface area contributed by atoms with Crippen LogP contribution in [0.3, 0.4) is 0 Å². The summed E-state index contributed by atoms with van der Waals surface area (Å²) >= 11 is 0. The van der Waals surface area contributed by atoms with Crippen LogP contribution in [-0.2, 0) is 0 Å². The lowest BCUT2D eigenvalue weighted by Crippen LogP contribution is -2.00. The third kappa shape index (κ3) is 5.83. The van der Waals surface area contributed by atoms with Crippen LogP contribution < -0.4 is 0 Å². The average molecular weight is 728 g/mol. The highest BCUT2D eigenvalue weighted by Crippen LogP contribution is 2.43. The molecule has 4 heteroatoms. The highest BCUT2D eigenvalue weighted by molar-refractivity contribution is 6.23. The molecule has 57 heavy (non-hydrogen) atoms. The second-order valence-corrected chi connectivity index (χ2v) is 14.4. The highest BCUT2D eigenvalue weighted by Gasteiger charge is 2.20. The van der Waals surface area contributed by atoms with Crippen LogP contribution in [0.4, 0.5) is 0 Å². The number of fused-ring (bicyclic) bond motifs is 6. The molecule has 11 rings (SSSR count). The molecule has 0 unspecified atom stereocenters. The standard InChI is InChI=1S/C53H33N3O/c1-3-12-34(13-4-1)36-24-29-40(30-25-36)52-54-51(39-15-5-2-6-16-39)55-53(56-52)47-33-48-49(45-19-10-9-18-44(45)47)46-21-11-20-43(50(46)57-48)38-27-22-37(23-28-38)42-31-26-35-14-7-8-17-41(35)32-42/h1-33H. The van der Waals surface area contributed by atoms with Crippen molar-refractivity contribution in [1.29, 1.82) is 0 Å². The summed E-state index contributed by atoms with van der Waals surface area (Å²) < 4.78 is 6.89. The van der Waals surface area contributed by atoms with Gasteiger partial charge in [0, 0.05) is 33.0 Å². The van der Waals surface area contributed by atoms with Gasteiger partial charge in [0.05, 0.1) is 0 Å². The van der Waals surface area contributed by atoms with E-state index < -0.39 is 0 Å². The topological polar surface area (TPSA) is 51.8 Å². The van der Waals surface area contributed by atoms with E-state index in [0.29, 0.717) is 17.5 Å². The fraction of sp³-hybridized carbons (Fsp3) is 0. The van der Waals surface area contributed by atoms with Crippen molar-refractivity contribution >= 4 is 43.5 Å². The van der Waals surface area contributed by atoms with Crippen LogP contribution in [0.15, 0.2) is 205 Å². The number of hydrogen-bond acceptors (Lipinski definition) is 4. The average Bonchev–Trinajstić information content (AvgIpc) is 3.68. The Bertz CT molecular complexity index is 3260. The number of rotatable bonds is 6. The maximum atomic E-state index is 6.89. The first-order chi connectivity index (χ1) is 28.2. The summed E-state index contributed by atoms with van der Waals surface area (Å²) in [6.07, 6.45) is 0. The van der Waals surface area contributed by atoms with Crippen molar-refractivity contribution in [2.45, 2.75) is 0 Å². The van der Waals surface area contributed by atoms with E-state index in [1.807, 2.05) is 36.4 Å². The summed E-state index contributed by atoms with van der Waals surface area (Å²) in [5.74, 6) is 1.82. The quantitative estimate of drug-likeness (QED) is 0.171. The molecule has 0 atom stereocenters. The molecule has 0 spiro atoms. The van der Waals surface area contributed by atoms with E-state index in [1.54, 1.807) is 0 Å². The molecule has 0 fully saturated rings. The van der Waals surface area contributed by atoms with Crippen LogP contribution in [0, 0.1) is 0 Å². The zero-order chi connectivity index (χ0) is 37.7. The van der Waals surface area contributed by atoms with Gasteiger partial charge in [-0.05, 0) is 61.5 Å². The van der Waals surface area contributed by atoms with Crippen molar-refractivity contribution in [3.8, 4) is 67.5 Å².